The molecule has 1 aromatic rings. The lowest BCUT2D eigenvalue weighted by molar-refractivity contribution is -0.128. The third-order valence-corrected chi connectivity index (χ3v) is 4.43. The van der Waals surface area contributed by atoms with E-state index in [4.69, 9.17) is 10.5 Å². The molecule has 0 heterocycles. The smallest absolute Gasteiger partial charge is 0.240 e. The van der Waals surface area contributed by atoms with E-state index in [1.807, 2.05) is 31.2 Å². The molecule has 2 rings (SSSR count). The van der Waals surface area contributed by atoms with E-state index >= 15 is 0 Å². The van der Waals surface area contributed by atoms with Gasteiger partial charge < -0.3 is 15.8 Å². The summed E-state index contributed by atoms with van der Waals surface area (Å²) in [5.74, 6) is 1.27. The van der Waals surface area contributed by atoms with Gasteiger partial charge in [-0.05, 0) is 43.4 Å². The third kappa shape index (κ3) is 3.76. The predicted octanol–water partition coefficient (Wildman–Crippen LogP) is 2.78. The van der Waals surface area contributed by atoms with Gasteiger partial charge >= 0.3 is 0 Å². The minimum absolute atomic E-state index is 0.0376. The van der Waals surface area contributed by atoms with E-state index < -0.39 is 5.54 Å². The maximum atomic E-state index is 12.5. The fraction of sp³-hybridized carbons (Fsp3) is 0.588. The van der Waals surface area contributed by atoms with E-state index in [9.17, 15) is 4.79 Å². The number of methoxy groups -OCH3 is 1. The van der Waals surface area contributed by atoms with E-state index in [1.54, 1.807) is 7.11 Å². The highest BCUT2D eigenvalue weighted by molar-refractivity contribution is 5.86. The van der Waals surface area contributed by atoms with E-state index in [0.717, 1.165) is 37.0 Å². The van der Waals surface area contributed by atoms with Gasteiger partial charge in [0, 0.05) is 0 Å². The summed E-state index contributed by atoms with van der Waals surface area (Å²) in [6, 6.07) is 7.67. The van der Waals surface area contributed by atoms with Crippen molar-refractivity contribution in [2.75, 3.05) is 7.11 Å². The highest BCUT2D eigenvalue weighted by Crippen LogP contribution is 2.31. The number of carbonyl (C=O) groups excluding carboxylic acids is 1. The average molecular weight is 290 g/mol. The van der Waals surface area contributed by atoms with Crippen LogP contribution in [0.4, 0.5) is 0 Å². The van der Waals surface area contributed by atoms with Crippen LogP contribution in [0.3, 0.4) is 0 Å². The molecule has 1 aliphatic rings. The van der Waals surface area contributed by atoms with Crippen molar-refractivity contribution in [1.82, 2.24) is 5.32 Å². The van der Waals surface area contributed by atoms with Gasteiger partial charge in [-0.25, -0.2) is 0 Å². The van der Waals surface area contributed by atoms with E-state index in [1.165, 1.54) is 0 Å². The monoisotopic (exact) mass is 290 g/mol. The van der Waals surface area contributed by atoms with Gasteiger partial charge in [-0.15, -0.1) is 0 Å². The van der Waals surface area contributed by atoms with E-state index in [2.05, 4.69) is 12.2 Å². The van der Waals surface area contributed by atoms with Crippen LogP contribution in [0.15, 0.2) is 24.3 Å². The van der Waals surface area contributed by atoms with Crippen molar-refractivity contribution in [3.05, 3.63) is 29.8 Å². The molecule has 0 radical (unpaired) electrons. The minimum Gasteiger partial charge on any atom is -0.497 e. The zero-order valence-corrected chi connectivity index (χ0v) is 13.2. The topological polar surface area (TPSA) is 64.3 Å². The van der Waals surface area contributed by atoms with Crippen molar-refractivity contribution in [3.8, 4) is 5.75 Å². The summed E-state index contributed by atoms with van der Waals surface area (Å²) in [4.78, 5) is 12.5. The molecule has 21 heavy (non-hydrogen) atoms. The molecule has 1 aromatic carbocycles. The molecule has 0 aliphatic heterocycles. The van der Waals surface area contributed by atoms with E-state index in [0.29, 0.717) is 5.92 Å². The number of ether oxygens (including phenoxy) is 1. The van der Waals surface area contributed by atoms with Gasteiger partial charge in [-0.1, -0.05) is 31.9 Å². The number of nitrogens with two attached hydrogens (primary N) is 1. The predicted molar refractivity (Wildman–Crippen MR) is 84.1 cm³/mol. The maximum Gasteiger partial charge on any atom is 0.240 e. The van der Waals surface area contributed by atoms with Crippen molar-refractivity contribution < 1.29 is 9.53 Å². The molecule has 4 nitrogen and oxygen atoms in total. The molecular weight excluding hydrogens is 264 g/mol. The van der Waals surface area contributed by atoms with Gasteiger partial charge in [0.2, 0.25) is 5.91 Å². The summed E-state index contributed by atoms with van der Waals surface area (Å²) >= 11 is 0. The van der Waals surface area contributed by atoms with Crippen LogP contribution in [0.2, 0.25) is 0 Å². The first kappa shape index (κ1) is 15.8. The molecule has 3 unspecified atom stereocenters. The van der Waals surface area contributed by atoms with Crippen LogP contribution in [0, 0.1) is 5.92 Å². The van der Waals surface area contributed by atoms with Gasteiger partial charge in [0.15, 0.2) is 0 Å². The number of benzene rings is 1. The first-order valence-electron chi connectivity index (χ1n) is 7.68. The second-order valence-electron chi connectivity index (χ2n) is 6.33. The molecule has 4 heteroatoms. The van der Waals surface area contributed by atoms with Crippen LogP contribution in [0.5, 0.6) is 5.75 Å². The largest absolute Gasteiger partial charge is 0.497 e. The van der Waals surface area contributed by atoms with Crippen molar-refractivity contribution in [2.24, 2.45) is 11.7 Å². The second-order valence-corrected chi connectivity index (χ2v) is 6.33. The lowest BCUT2D eigenvalue weighted by atomic mass is 9.76. The molecular formula is C17H26N2O2. The first-order chi connectivity index (χ1) is 9.94. The molecule has 0 aromatic heterocycles. The molecule has 1 fully saturated rings. The van der Waals surface area contributed by atoms with Crippen LogP contribution >= 0.6 is 0 Å². The number of amides is 1. The average Bonchev–Trinajstić information content (AvgIpc) is 2.47. The Kier molecular flexibility index (Phi) is 4.88. The second kappa shape index (κ2) is 6.48. The Morgan fingerprint density at radius 2 is 2.29 bits per heavy atom. The Hall–Kier alpha value is -1.55. The minimum atomic E-state index is -0.717. The molecule has 116 valence electrons. The van der Waals surface area contributed by atoms with Gasteiger partial charge in [0.1, 0.15) is 5.75 Å². The third-order valence-electron chi connectivity index (χ3n) is 4.43. The number of nitrogens with one attached hydrogen (secondary N) is 1. The summed E-state index contributed by atoms with van der Waals surface area (Å²) in [5, 5.41) is 3.06. The lowest BCUT2D eigenvalue weighted by Gasteiger charge is -2.36. The number of hydrogen-bond acceptors (Lipinski definition) is 3. The summed E-state index contributed by atoms with van der Waals surface area (Å²) in [5.41, 5.74) is 6.64. The summed E-state index contributed by atoms with van der Waals surface area (Å²) < 4.78 is 5.22. The quantitative estimate of drug-likeness (QED) is 0.896. The van der Waals surface area contributed by atoms with Crippen molar-refractivity contribution in [2.45, 2.75) is 51.1 Å². The zero-order chi connectivity index (χ0) is 15.5. The van der Waals surface area contributed by atoms with E-state index in [-0.39, 0.29) is 11.9 Å². The first-order valence-corrected chi connectivity index (χ1v) is 7.68. The molecule has 1 amide bonds. The van der Waals surface area contributed by atoms with Gasteiger partial charge in [0.05, 0.1) is 18.7 Å². The SMILES string of the molecule is COc1cccc(C(C)NC(=O)C2(N)CCCC(C)C2)c1. The number of hydrogen-bond donors (Lipinski definition) is 2. The standard InChI is InChI=1S/C17H26N2O2/c1-12-6-5-9-17(18,11-12)16(20)19-13(2)14-7-4-8-15(10-14)21-3/h4,7-8,10,12-13H,5-6,9,11,18H2,1-3H3,(H,19,20). The van der Waals surface area contributed by atoms with Crippen LogP contribution < -0.4 is 15.8 Å². The normalized spacial score (nSPS) is 27.0. The Morgan fingerprint density at radius 3 is 2.95 bits per heavy atom. The van der Waals surface area contributed by atoms with Gasteiger partial charge in [0.25, 0.3) is 0 Å². The fourth-order valence-corrected chi connectivity index (χ4v) is 3.13. The Labute approximate surface area is 127 Å². The highest BCUT2D eigenvalue weighted by Gasteiger charge is 2.38. The Balaban J connectivity index is 2.04. The lowest BCUT2D eigenvalue weighted by Crippen LogP contribution is -2.56. The van der Waals surface area contributed by atoms with Crippen molar-refractivity contribution >= 4 is 5.91 Å². The Morgan fingerprint density at radius 1 is 1.52 bits per heavy atom. The maximum absolute atomic E-state index is 12.5. The van der Waals surface area contributed by atoms with Crippen LogP contribution in [-0.2, 0) is 4.79 Å². The van der Waals surface area contributed by atoms with Crippen molar-refractivity contribution in [3.63, 3.8) is 0 Å². The van der Waals surface area contributed by atoms with Gasteiger partial charge in [-0.3, -0.25) is 4.79 Å². The Bertz CT molecular complexity index is 503. The molecule has 3 atom stereocenters. The van der Waals surface area contributed by atoms with Crippen LogP contribution in [0.25, 0.3) is 0 Å². The molecule has 0 saturated heterocycles. The van der Waals surface area contributed by atoms with Crippen LogP contribution in [0.1, 0.15) is 51.1 Å². The molecule has 0 bridgehead atoms. The van der Waals surface area contributed by atoms with Crippen LogP contribution in [-0.4, -0.2) is 18.6 Å². The highest BCUT2D eigenvalue weighted by atomic mass is 16.5. The molecule has 0 spiro atoms. The molecule has 3 N–H and O–H groups in total. The number of carbonyl (C=O) groups is 1. The fourth-order valence-electron chi connectivity index (χ4n) is 3.13. The summed E-state index contributed by atoms with van der Waals surface area (Å²) in [6.07, 6.45) is 3.73. The summed E-state index contributed by atoms with van der Waals surface area (Å²) in [7, 11) is 1.64. The van der Waals surface area contributed by atoms with Gasteiger partial charge in [-0.2, -0.15) is 0 Å². The molecule has 1 aliphatic carbocycles. The zero-order valence-electron chi connectivity index (χ0n) is 13.2. The van der Waals surface area contributed by atoms with Crippen molar-refractivity contribution in [1.29, 1.82) is 0 Å². The molecule has 1 saturated carbocycles. The number of rotatable bonds is 4. The summed E-state index contributed by atoms with van der Waals surface area (Å²) in [6.45, 7) is 4.14.